The van der Waals surface area contributed by atoms with E-state index in [2.05, 4.69) is 9.97 Å². The maximum absolute atomic E-state index is 14.8. The number of amides is 1. The van der Waals surface area contributed by atoms with Crippen LogP contribution >= 0.6 is 0 Å². The van der Waals surface area contributed by atoms with E-state index in [1.807, 2.05) is 21.6 Å². The number of aromatic nitrogens is 2. The molecule has 0 unspecified atom stereocenters. The molecule has 1 N–H and O–H groups in total. The van der Waals surface area contributed by atoms with E-state index in [0.29, 0.717) is 37.0 Å². The van der Waals surface area contributed by atoms with Crippen molar-refractivity contribution < 1.29 is 22.7 Å². The molecular weight excluding hydrogens is 497 g/mol. The third-order valence-corrected chi connectivity index (χ3v) is 8.78. The Labute approximate surface area is 217 Å². The van der Waals surface area contributed by atoms with Crippen molar-refractivity contribution in [1.82, 2.24) is 14.9 Å². The van der Waals surface area contributed by atoms with E-state index >= 15 is 0 Å². The largest absolute Gasteiger partial charge is 0.393 e. The minimum Gasteiger partial charge on any atom is -0.393 e. The molecule has 1 aliphatic heterocycles. The normalized spacial score (nSPS) is 24.7. The van der Waals surface area contributed by atoms with Crippen LogP contribution in [0.25, 0.3) is 0 Å². The molecule has 1 aromatic heterocycles. The van der Waals surface area contributed by atoms with E-state index in [1.165, 1.54) is 12.1 Å². The number of aliphatic hydroxyl groups excluding tert-OH is 1. The number of sulfone groups is 1. The molecule has 1 amide bonds. The third-order valence-electron chi connectivity index (χ3n) is 7.67. The van der Waals surface area contributed by atoms with Crippen molar-refractivity contribution >= 4 is 27.4 Å². The number of anilines is 2. The van der Waals surface area contributed by atoms with E-state index in [1.54, 1.807) is 12.3 Å². The average molecular weight is 532 g/mol. The number of hydrogen-bond donors (Lipinski definition) is 1. The Balaban J connectivity index is 1.30. The highest BCUT2D eigenvalue weighted by molar-refractivity contribution is 7.90. The van der Waals surface area contributed by atoms with Gasteiger partial charge in [0.1, 0.15) is 11.5 Å². The zero-order chi connectivity index (χ0) is 26.3. The molecule has 37 heavy (non-hydrogen) atoms. The van der Waals surface area contributed by atoms with Crippen LogP contribution in [0.2, 0.25) is 0 Å². The van der Waals surface area contributed by atoms with Crippen molar-refractivity contribution in [3.8, 4) is 0 Å². The number of piperazine rings is 1. The topological polar surface area (TPSA) is 107 Å². The molecule has 9 nitrogen and oxygen atoms in total. The number of benzene rings is 1. The van der Waals surface area contributed by atoms with Crippen LogP contribution in [0, 0.1) is 5.82 Å². The van der Waals surface area contributed by atoms with Crippen molar-refractivity contribution in [3.63, 3.8) is 0 Å². The van der Waals surface area contributed by atoms with Crippen molar-refractivity contribution in [2.45, 2.75) is 74.6 Å². The first kappa shape index (κ1) is 25.8. The lowest BCUT2D eigenvalue weighted by Crippen LogP contribution is -2.53. The molecule has 1 atom stereocenters. The van der Waals surface area contributed by atoms with Gasteiger partial charge in [-0.25, -0.2) is 22.8 Å². The zero-order valence-corrected chi connectivity index (χ0v) is 22.1. The molecule has 200 valence electrons. The molecule has 0 radical (unpaired) electrons. The molecular formula is C26H34FN5O4S. The van der Waals surface area contributed by atoms with E-state index in [9.17, 15) is 22.7 Å². The second-order valence-corrected chi connectivity index (χ2v) is 12.5. The van der Waals surface area contributed by atoms with Gasteiger partial charge in [0.2, 0.25) is 5.95 Å². The van der Waals surface area contributed by atoms with Crippen molar-refractivity contribution in [2.75, 3.05) is 35.7 Å². The Morgan fingerprint density at radius 3 is 2.35 bits per heavy atom. The van der Waals surface area contributed by atoms with Gasteiger partial charge in [0.05, 0.1) is 16.7 Å². The number of halogens is 1. The summed E-state index contributed by atoms with van der Waals surface area (Å²) in [6, 6.07) is 6.00. The van der Waals surface area contributed by atoms with Crippen LogP contribution in [0.5, 0.6) is 0 Å². The predicted molar refractivity (Wildman–Crippen MR) is 138 cm³/mol. The molecule has 5 rings (SSSR count). The van der Waals surface area contributed by atoms with Crippen LogP contribution in [0.4, 0.5) is 16.0 Å². The van der Waals surface area contributed by atoms with E-state index < -0.39 is 15.7 Å². The molecule has 2 heterocycles. The van der Waals surface area contributed by atoms with Crippen LogP contribution in [-0.4, -0.2) is 84.4 Å². The molecule has 2 aliphatic carbocycles. The second-order valence-electron chi connectivity index (χ2n) is 10.5. The van der Waals surface area contributed by atoms with Crippen LogP contribution in [-0.2, 0) is 9.84 Å². The summed E-state index contributed by atoms with van der Waals surface area (Å²) in [7, 11) is -3.48. The number of hydrogen-bond acceptors (Lipinski definition) is 8. The SMILES string of the molecule is C[C@@H]1CN(c2ccc(S(C)(=O)=O)cc2F)CCN1c1nccc(C(=O)N(C2CC2)[C@H]2CC[C@H](O)CC2)n1. The number of carbonyl (C=O) groups excluding carboxylic acids is 1. The third kappa shape index (κ3) is 5.57. The van der Waals surface area contributed by atoms with Crippen molar-refractivity contribution in [1.29, 1.82) is 0 Å². The molecule has 11 heteroatoms. The molecule has 2 aromatic rings. The fourth-order valence-corrected chi connectivity index (χ4v) is 6.14. The van der Waals surface area contributed by atoms with Crippen molar-refractivity contribution in [3.05, 3.63) is 42.0 Å². The lowest BCUT2D eigenvalue weighted by atomic mass is 9.91. The molecule has 3 fully saturated rings. The van der Waals surface area contributed by atoms with Gasteiger partial charge in [0, 0.05) is 50.2 Å². The minimum atomic E-state index is -3.48. The summed E-state index contributed by atoms with van der Waals surface area (Å²) in [6.07, 6.45) is 7.46. The smallest absolute Gasteiger partial charge is 0.273 e. The monoisotopic (exact) mass is 531 g/mol. The highest BCUT2D eigenvalue weighted by Crippen LogP contribution is 2.35. The number of carbonyl (C=O) groups is 1. The Bertz CT molecular complexity index is 1260. The standard InChI is InChI=1S/C26H34FN5O4S/c1-17-16-30(24-10-9-21(15-22(24)27)37(2,35)36)13-14-31(17)26-28-12-11-23(29-26)25(34)32(18-3-4-18)19-5-7-20(33)8-6-19/h9-12,15,17-20,33H,3-8,13-14,16H2,1-2H3/t17-,19-,20-/m1/s1. The molecule has 3 aliphatic rings. The van der Waals surface area contributed by atoms with Gasteiger partial charge >= 0.3 is 0 Å². The summed E-state index contributed by atoms with van der Waals surface area (Å²) in [5.74, 6) is -0.171. The summed E-state index contributed by atoms with van der Waals surface area (Å²) in [5, 5.41) is 9.90. The predicted octanol–water partition coefficient (Wildman–Crippen LogP) is 2.64. The summed E-state index contributed by atoms with van der Waals surface area (Å²) in [4.78, 5) is 28.5. The molecule has 0 spiro atoms. The maximum Gasteiger partial charge on any atom is 0.273 e. The number of rotatable bonds is 6. The maximum atomic E-state index is 14.8. The van der Waals surface area contributed by atoms with E-state index in [-0.39, 0.29) is 35.0 Å². The summed E-state index contributed by atoms with van der Waals surface area (Å²) in [6.45, 7) is 3.52. The Hall–Kier alpha value is -2.79. The Morgan fingerprint density at radius 1 is 1.08 bits per heavy atom. The molecule has 2 saturated carbocycles. The van der Waals surface area contributed by atoms with Crippen LogP contribution in [0.3, 0.4) is 0 Å². The average Bonchev–Trinajstić information content (AvgIpc) is 3.70. The van der Waals surface area contributed by atoms with Crippen LogP contribution < -0.4 is 9.80 Å². The Morgan fingerprint density at radius 2 is 1.76 bits per heavy atom. The van der Waals surface area contributed by atoms with Gasteiger partial charge in [-0.15, -0.1) is 0 Å². The fraction of sp³-hybridized carbons (Fsp3) is 0.577. The second kappa shape index (κ2) is 10.2. The summed E-state index contributed by atoms with van der Waals surface area (Å²) < 4.78 is 38.3. The summed E-state index contributed by atoms with van der Waals surface area (Å²) >= 11 is 0. The first-order chi connectivity index (χ1) is 17.6. The van der Waals surface area contributed by atoms with Gasteiger partial charge in [-0.05, 0) is 69.7 Å². The van der Waals surface area contributed by atoms with Crippen LogP contribution in [0.15, 0.2) is 35.4 Å². The lowest BCUT2D eigenvalue weighted by Gasteiger charge is -2.41. The van der Waals surface area contributed by atoms with Gasteiger partial charge in [-0.3, -0.25) is 4.79 Å². The Kier molecular flexibility index (Phi) is 7.10. The molecule has 1 aromatic carbocycles. The van der Waals surface area contributed by atoms with Gasteiger partial charge in [-0.1, -0.05) is 0 Å². The van der Waals surface area contributed by atoms with Gasteiger partial charge in [0.15, 0.2) is 9.84 Å². The first-order valence-corrected chi connectivity index (χ1v) is 14.9. The highest BCUT2D eigenvalue weighted by atomic mass is 32.2. The zero-order valence-electron chi connectivity index (χ0n) is 21.3. The van der Waals surface area contributed by atoms with Crippen molar-refractivity contribution in [2.24, 2.45) is 0 Å². The molecule has 1 saturated heterocycles. The van der Waals surface area contributed by atoms with Gasteiger partial charge in [-0.2, -0.15) is 0 Å². The molecule has 0 bridgehead atoms. The highest BCUT2D eigenvalue weighted by Gasteiger charge is 2.40. The van der Waals surface area contributed by atoms with Gasteiger partial charge in [0.25, 0.3) is 5.91 Å². The quantitative estimate of drug-likeness (QED) is 0.606. The fourth-order valence-electron chi connectivity index (χ4n) is 5.51. The minimum absolute atomic E-state index is 0.0417. The van der Waals surface area contributed by atoms with E-state index in [0.717, 1.165) is 50.8 Å². The summed E-state index contributed by atoms with van der Waals surface area (Å²) in [5.41, 5.74) is 0.737. The number of aliphatic hydroxyl groups is 1. The first-order valence-electron chi connectivity index (χ1n) is 13.0. The lowest BCUT2D eigenvalue weighted by molar-refractivity contribution is 0.0470. The van der Waals surface area contributed by atoms with Gasteiger partial charge < -0.3 is 19.8 Å². The van der Waals surface area contributed by atoms with E-state index in [4.69, 9.17) is 0 Å². The number of nitrogens with zero attached hydrogens (tertiary/aromatic N) is 5. The van der Waals surface area contributed by atoms with Crippen LogP contribution in [0.1, 0.15) is 55.9 Å².